The van der Waals surface area contributed by atoms with Crippen LogP contribution in [0.4, 0.5) is 4.39 Å². The van der Waals surface area contributed by atoms with Gasteiger partial charge in [0.05, 0.1) is 6.04 Å². The van der Waals surface area contributed by atoms with Gasteiger partial charge < -0.3 is 5.73 Å². The molecule has 0 spiro atoms. The summed E-state index contributed by atoms with van der Waals surface area (Å²) in [6.07, 6.45) is 0. The molecule has 0 aromatic heterocycles. The minimum absolute atomic E-state index is 0.365. The lowest BCUT2D eigenvalue weighted by Crippen LogP contribution is -2.15. The number of hydrogen-bond donors (Lipinski definition) is 1. The van der Waals surface area contributed by atoms with E-state index in [9.17, 15) is 4.39 Å². The summed E-state index contributed by atoms with van der Waals surface area (Å²) in [7, 11) is 0. The van der Waals surface area contributed by atoms with Gasteiger partial charge in [-0.2, -0.15) is 0 Å². The largest absolute Gasteiger partial charge is 0.320 e. The van der Waals surface area contributed by atoms with E-state index in [4.69, 9.17) is 17.3 Å². The number of benzene rings is 2. The van der Waals surface area contributed by atoms with Crippen molar-refractivity contribution in [2.24, 2.45) is 5.73 Å². The molecule has 3 heteroatoms. The summed E-state index contributed by atoms with van der Waals surface area (Å²) in [4.78, 5) is 0. The molecule has 0 fully saturated rings. The first-order chi connectivity index (χ1) is 8.49. The second-order valence-electron chi connectivity index (χ2n) is 4.50. The maximum absolute atomic E-state index is 13.9. The van der Waals surface area contributed by atoms with Crippen molar-refractivity contribution in [2.45, 2.75) is 19.9 Å². The van der Waals surface area contributed by atoms with Crippen LogP contribution in [0.3, 0.4) is 0 Å². The predicted molar refractivity (Wildman–Crippen MR) is 73.4 cm³/mol. The zero-order chi connectivity index (χ0) is 13.3. The molecule has 0 aliphatic rings. The Labute approximate surface area is 111 Å². The van der Waals surface area contributed by atoms with Gasteiger partial charge in [-0.1, -0.05) is 41.4 Å². The molecule has 0 saturated carbocycles. The van der Waals surface area contributed by atoms with Crippen LogP contribution in [0.5, 0.6) is 0 Å². The van der Waals surface area contributed by atoms with Crippen molar-refractivity contribution in [3.8, 4) is 0 Å². The maximum atomic E-state index is 13.9. The van der Waals surface area contributed by atoms with E-state index in [1.54, 1.807) is 12.1 Å². The molecule has 2 N–H and O–H groups in total. The van der Waals surface area contributed by atoms with Gasteiger partial charge in [-0.15, -0.1) is 0 Å². The van der Waals surface area contributed by atoms with Crippen molar-refractivity contribution in [1.29, 1.82) is 0 Å². The van der Waals surface area contributed by atoms with E-state index >= 15 is 0 Å². The molecule has 1 unspecified atom stereocenters. The molecule has 2 rings (SSSR count). The van der Waals surface area contributed by atoms with Crippen LogP contribution in [-0.2, 0) is 0 Å². The fourth-order valence-corrected chi connectivity index (χ4v) is 2.18. The second-order valence-corrected chi connectivity index (χ2v) is 4.94. The Morgan fingerprint density at radius 2 is 1.78 bits per heavy atom. The highest BCUT2D eigenvalue weighted by Crippen LogP contribution is 2.27. The zero-order valence-electron chi connectivity index (χ0n) is 10.4. The van der Waals surface area contributed by atoms with Crippen molar-refractivity contribution in [2.75, 3.05) is 0 Å². The van der Waals surface area contributed by atoms with E-state index in [2.05, 4.69) is 0 Å². The SMILES string of the molecule is Cc1ccc(C)c(C(N)c2ccc(Cl)cc2F)c1. The van der Waals surface area contributed by atoms with Crippen molar-refractivity contribution in [1.82, 2.24) is 0 Å². The summed E-state index contributed by atoms with van der Waals surface area (Å²) in [5, 5.41) is 0.379. The fraction of sp³-hybridized carbons (Fsp3) is 0.200. The van der Waals surface area contributed by atoms with Gasteiger partial charge in [0, 0.05) is 10.6 Å². The lowest BCUT2D eigenvalue weighted by molar-refractivity contribution is 0.599. The molecule has 0 aliphatic heterocycles. The number of aryl methyl sites for hydroxylation is 2. The van der Waals surface area contributed by atoms with Gasteiger partial charge in [0.1, 0.15) is 5.82 Å². The third kappa shape index (κ3) is 2.55. The van der Waals surface area contributed by atoms with Crippen LogP contribution in [0, 0.1) is 19.7 Å². The Morgan fingerprint density at radius 3 is 2.44 bits per heavy atom. The van der Waals surface area contributed by atoms with Crippen molar-refractivity contribution in [3.63, 3.8) is 0 Å². The van der Waals surface area contributed by atoms with Crippen LogP contribution in [0.1, 0.15) is 28.3 Å². The highest BCUT2D eigenvalue weighted by atomic mass is 35.5. The molecule has 0 bridgehead atoms. The molecular formula is C15H15ClFN. The molecule has 1 atom stereocenters. The molecule has 18 heavy (non-hydrogen) atoms. The molecule has 0 heterocycles. The van der Waals surface area contributed by atoms with Crippen molar-refractivity contribution >= 4 is 11.6 Å². The highest BCUT2D eigenvalue weighted by Gasteiger charge is 2.15. The average molecular weight is 264 g/mol. The Hall–Kier alpha value is -1.38. The predicted octanol–water partition coefficient (Wildman–Crippen LogP) is 4.14. The third-order valence-corrected chi connectivity index (χ3v) is 3.30. The molecular weight excluding hydrogens is 249 g/mol. The van der Waals surface area contributed by atoms with E-state index < -0.39 is 6.04 Å². The average Bonchev–Trinajstić information content (AvgIpc) is 2.31. The summed E-state index contributed by atoms with van der Waals surface area (Å²) >= 11 is 5.74. The van der Waals surface area contributed by atoms with Crippen LogP contribution in [0.15, 0.2) is 36.4 Å². The Bertz CT molecular complexity index is 581. The van der Waals surface area contributed by atoms with E-state index in [-0.39, 0.29) is 5.82 Å². The number of rotatable bonds is 2. The van der Waals surface area contributed by atoms with Crippen molar-refractivity contribution < 1.29 is 4.39 Å². The minimum Gasteiger partial charge on any atom is -0.320 e. The highest BCUT2D eigenvalue weighted by molar-refractivity contribution is 6.30. The first-order valence-corrected chi connectivity index (χ1v) is 6.14. The molecule has 94 valence electrons. The van der Waals surface area contributed by atoms with Gasteiger partial charge in [0.15, 0.2) is 0 Å². The standard InChI is InChI=1S/C15H15ClFN/c1-9-3-4-10(2)13(7-9)15(18)12-6-5-11(16)8-14(12)17/h3-8,15H,18H2,1-2H3. The summed E-state index contributed by atoms with van der Waals surface area (Å²) < 4.78 is 13.9. The monoisotopic (exact) mass is 263 g/mol. The lowest BCUT2D eigenvalue weighted by atomic mass is 9.94. The lowest BCUT2D eigenvalue weighted by Gasteiger charge is -2.16. The number of hydrogen-bond acceptors (Lipinski definition) is 1. The fourth-order valence-electron chi connectivity index (χ4n) is 2.02. The molecule has 1 nitrogen and oxygen atoms in total. The van der Waals surface area contributed by atoms with Gasteiger partial charge in [-0.25, -0.2) is 4.39 Å². The third-order valence-electron chi connectivity index (χ3n) is 3.07. The van der Waals surface area contributed by atoms with E-state index in [1.165, 1.54) is 6.07 Å². The zero-order valence-corrected chi connectivity index (χ0v) is 11.1. The summed E-state index contributed by atoms with van der Waals surface area (Å²) in [5.41, 5.74) is 9.73. The summed E-state index contributed by atoms with van der Waals surface area (Å²) in [6, 6.07) is 10.1. The quantitative estimate of drug-likeness (QED) is 0.866. The molecule has 0 aliphatic carbocycles. The van der Waals surface area contributed by atoms with Gasteiger partial charge in [0.2, 0.25) is 0 Å². The van der Waals surface area contributed by atoms with Crippen LogP contribution >= 0.6 is 11.6 Å². The van der Waals surface area contributed by atoms with Crippen LogP contribution in [0.2, 0.25) is 5.02 Å². The Morgan fingerprint density at radius 1 is 1.06 bits per heavy atom. The van der Waals surface area contributed by atoms with Crippen LogP contribution < -0.4 is 5.73 Å². The number of halogens is 2. The molecule has 2 aromatic carbocycles. The van der Waals surface area contributed by atoms with Gasteiger partial charge in [-0.05, 0) is 37.1 Å². The topological polar surface area (TPSA) is 26.0 Å². The molecule has 0 amide bonds. The first kappa shape index (κ1) is 13.1. The maximum Gasteiger partial charge on any atom is 0.129 e. The number of nitrogens with two attached hydrogens (primary N) is 1. The Kier molecular flexibility index (Phi) is 3.69. The Balaban J connectivity index is 2.47. The smallest absolute Gasteiger partial charge is 0.129 e. The van der Waals surface area contributed by atoms with E-state index in [1.807, 2.05) is 32.0 Å². The van der Waals surface area contributed by atoms with Crippen LogP contribution in [0.25, 0.3) is 0 Å². The normalized spacial score (nSPS) is 12.5. The van der Waals surface area contributed by atoms with Crippen LogP contribution in [-0.4, -0.2) is 0 Å². The molecule has 0 saturated heterocycles. The van der Waals surface area contributed by atoms with Gasteiger partial charge >= 0.3 is 0 Å². The van der Waals surface area contributed by atoms with Gasteiger partial charge in [0.25, 0.3) is 0 Å². The van der Waals surface area contributed by atoms with E-state index in [0.717, 1.165) is 16.7 Å². The summed E-state index contributed by atoms with van der Waals surface area (Å²) in [5.74, 6) is -0.365. The minimum atomic E-state index is -0.470. The summed E-state index contributed by atoms with van der Waals surface area (Å²) in [6.45, 7) is 3.97. The second kappa shape index (κ2) is 5.09. The van der Waals surface area contributed by atoms with Crippen molar-refractivity contribution in [3.05, 3.63) is 69.5 Å². The molecule has 2 aromatic rings. The first-order valence-electron chi connectivity index (χ1n) is 5.76. The van der Waals surface area contributed by atoms with Gasteiger partial charge in [-0.3, -0.25) is 0 Å². The molecule has 0 radical (unpaired) electrons. The van der Waals surface area contributed by atoms with E-state index in [0.29, 0.717) is 10.6 Å².